The molecule has 6 nitrogen and oxygen atoms in total. The largest absolute Gasteiger partial charge is 0.409 e. The van der Waals surface area contributed by atoms with Gasteiger partial charge in [0.05, 0.1) is 11.8 Å². The molecule has 0 aromatic carbocycles. The molecule has 1 aliphatic rings. The molecule has 1 aliphatic heterocycles. The predicted octanol–water partition coefficient (Wildman–Crippen LogP) is 0.514. The topological polar surface area (TPSA) is 87.6 Å². The Morgan fingerprint density at radius 2 is 2.35 bits per heavy atom. The molecule has 7 heteroatoms. The van der Waals surface area contributed by atoms with Crippen LogP contribution in [0.25, 0.3) is 0 Å². The Morgan fingerprint density at radius 3 is 3.18 bits per heavy atom. The number of thioether (sulfide) groups is 1. The molecule has 1 saturated heterocycles. The van der Waals surface area contributed by atoms with E-state index in [4.69, 9.17) is 10.9 Å². The van der Waals surface area contributed by atoms with Crippen LogP contribution in [-0.2, 0) is 0 Å². The van der Waals surface area contributed by atoms with Gasteiger partial charge in [-0.2, -0.15) is 16.9 Å². The van der Waals surface area contributed by atoms with Crippen molar-refractivity contribution >= 4 is 23.4 Å². The zero-order valence-electron chi connectivity index (χ0n) is 9.41. The van der Waals surface area contributed by atoms with Crippen molar-refractivity contribution in [3.05, 3.63) is 17.8 Å². The normalized spacial score (nSPS) is 17.9. The maximum atomic E-state index is 8.76. The molecule has 2 heterocycles. The number of nitrogens with zero attached hydrogens (tertiary/aromatic N) is 4. The van der Waals surface area contributed by atoms with Gasteiger partial charge in [-0.25, -0.2) is 0 Å². The number of amidine groups is 1. The lowest BCUT2D eigenvalue weighted by atomic mass is 10.2. The minimum absolute atomic E-state index is 0.0757. The van der Waals surface area contributed by atoms with E-state index in [9.17, 15) is 0 Å². The third kappa shape index (κ3) is 2.79. The minimum Gasteiger partial charge on any atom is -0.409 e. The molecule has 0 radical (unpaired) electrons. The summed E-state index contributed by atoms with van der Waals surface area (Å²) in [6.07, 6.45) is 2.65. The van der Waals surface area contributed by atoms with Crippen LogP contribution in [0.2, 0.25) is 0 Å². The third-order valence-corrected chi connectivity index (χ3v) is 3.66. The average molecular weight is 253 g/mol. The van der Waals surface area contributed by atoms with Gasteiger partial charge in [0, 0.05) is 18.8 Å². The molecule has 0 atom stereocenters. The molecule has 3 N–H and O–H groups in total. The smallest absolute Gasteiger partial charge is 0.173 e. The lowest BCUT2D eigenvalue weighted by molar-refractivity contribution is 0.318. The molecule has 0 amide bonds. The maximum Gasteiger partial charge on any atom is 0.173 e. The highest BCUT2D eigenvalue weighted by Gasteiger charge is 2.17. The fourth-order valence-corrected chi connectivity index (χ4v) is 2.66. The van der Waals surface area contributed by atoms with Crippen molar-refractivity contribution in [3.63, 3.8) is 0 Å². The van der Waals surface area contributed by atoms with Crippen LogP contribution in [0.15, 0.2) is 17.4 Å². The summed E-state index contributed by atoms with van der Waals surface area (Å²) in [4.78, 5) is 2.14. The summed E-state index contributed by atoms with van der Waals surface area (Å²) >= 11 is 1.93. The number of oxime groups is 1. The van der Waals surface area contributed by atoms with Crippen molar-refractivity contribution < 1.29 is 5.21 Å². The summed E-state index contributed by atoms with van der Waals surface area (Å²) in [5, 5.41) is 19.8. The van der Waals surface area contributed by atoms with Gasteiger partial charge in [0.2, 0.25) is 0 Å². The Bertz CT molecular complexity index is 403. The number of hydrogen-bond donors (Lipinski definition) is 2. The van der Waals surface area contributed by atoms with E-state index in [1.807, 2.05) is 11.8 Å². The highest BCUT2D eigenvalue weighted by molar-refractivity contribution is 7.99. The van der Waals surface area contributed by atoms with E-state index >= 15 is 0 Å². The van der Waals surface area contributed by atoms with Crippen LogP contribution in [0.4, 0.5) is 5.82 Å². The summed E-state index contributed by atoms with van der Waals surface area (Å²) in [6.45, 7) is 1.84. The lowest BCUT2D eigenvalue weighted by Gasteiger charge is -2.22. The predicted molar refractivity (Wildman–Crippen MR) is 68.7 cm³/mol. The van der Waals surface area contributed by atoms with Crippen LogP contribution in [0, 0.1) is 0 Å². The molecular weight excluding hydrogens is 238 g/mol. The zero-order valence-corrected chi connectivity index (χ0v) is 10.2. The van der Waals surface area contributed by atoms with E-state index in [1.54, 1.807) is 12.3 Å². The van der Waals surface area contributed by atoms with Crippen LogP contribution < -0.4 is 10.6 Å². The van der Waals surface area contributed by atoms with Gasteiger partial charge in [0.25, 0.3) is 0 Å². The zero-order chi connectivity index (χ0) is 12.1. The van der Waals surface area contributed by atoms with Crippen LogP contribution in [0.5, 0.6) is 0 Å². The second kappa shape index (κ2) is 5.72. The van der Waals surface area contributed by atoms with Gasteiger partial charge < -0.3 is 15.8 Å². The number of hydrogen-bond acceptors (Lipinski definition) is 6. The number of aromatic nitrogens is 2. The number of rotatable bonds is 2. The Labute approximate surface area is 104 Å². The standard InChI is InChI=1S/C10H15N5OS/c11-9(14-16)8-2-3-12-13-10(8)15-4-1-6-17-7-5-15/h2-3,16H,1,4-7H2,(H2,11,14). The van der Waals surface area contributed by atoms with Crippen molar-refractivity contribution in [1.29, 1.82) is 0 Å². The first-order valence-corrected chi connectivity index (χ1v) is 6.60. The Balaban J connectivity index is 2.30. The second-order valence-electron chi connectivity index (χ2n) is 3.71. The molecule has 0 bridgehead atoms. The minimum atomic E-state index is 0.0757. The molecule has 0 saturated carbocycles. The van der Waals surface area contributed by atoms with Gasteiger partial charge >= 0.3 is 0 Å². The average Bonchev–Trinajstić information content (AvgIpc) is 2.66. The van der Waals surface area contributed by atoms with E-state index in [0.29, 0.717) is 11.4 Å². The summed E-state index contributed by atoms with van der Waals surface area (Å²) in [5.41, 5.74) is 6.27. The van der Waals surface area contributed by atoms with Gasteiger partial charge in [-0.3, -0.25) is 0 Å². The molecule has 17 heavy (non-hydrogen) atoms. The SMILES string of the molecule is N/C(=N/O)c1ccnnc1N1CCCSCC1. The van der Waals surface area contributed by atoms with Crippen molar-refractivity contribution in [3.8, 4) is 0 Å². The number of nitrogens with two attached hydrogens (primary N) is 1. The summed E-state index contributed by atoms with van der Waals surface area (Å²) < 4.78 is 0. The second-order valence-corrected chi connectivity index (χ2v) is 4.93. The van der Waals surface area contributed by atoms with E-state index in [0.717, 1.165) is 31.0 Å². The van der Waals surface area contributed by atoms with Crippen LogP contribution in [0.1, 0.15) is 12.0 Å². The van der Waals surface area contributed by atoms with E-state index < -0.39 is 0 Å². The first kappa shape index (κ1) is 12.0. The molecule has 0 spiro atoms. The highest BCUT2D eigenvalue weighted by Crippen LogP contribution is 2.20. The van der Waals surface area contributed by atoms with E-state index in [2.05, 4.69) is 20.3 Å². The quantitative estimate of drug-likeness (QED) is 0.346. The van der Waals surface area contributed by atoms with Gasteiger partial charge in [-0.1, -0.05) is 5.16 Å². The summed E-state index contributed by atoms with van der Waals surface area (Å²) in [5.74, 6) is 3.00. The van der Waals surface area contributed by atoms with Crippen molar-refractivity contribution in [2.45, 2.75) is 6.42 Å². The van der Waals surface area contributed by atoms with Crippen molar-refractivity contribution in [2.24, 2.45) is 10.9 Å². The first-order chi connectivity index (χ1) is 8.33. The van der Waals surface area contributed by atoms with Crippen LogP contribution in [-0.4, -0.2) is 45.8 Å². The number of anilines is 1. The van der Waals surface area contributed by atoms with Gasteiger partial charge in [0.15, 0.2) is 11.7 Å². The summed E-state index contributed by atoms with van der Waals surface area (Å²) in [6, 6.07) is 1.72. The molecule has 1 fully saturated rings. The van der Waals surface area contributed by atoms with Crippen LogP contribution in [0.3, 0.4) is 0 Å². The van der Waals surface area contributed by atoms with Crippen molar-refractivity contribution in [2.75, 3.05) is 29.5 Å². The Kier molecular flexibility index (Phi) is 4.03. The fourth-order valence-electron chi connectivity index (χ4n) is 1.77. The monoisotopic (exact) mass is 253 g/mol. The van der Waals surface area contributed by atoms with Crippen molar-refractivity contribution in [1.82, 2.24) is 10.2 Å². The molecule has 0 aliphatic carbocycles. The van der Waals surface area contributed by atoms with Gasteiger partial charge in [-0.05, 0) is 18.2 Å². The lowest BCUT2D eigenvalue weighted by Crippen LogP contribution is -2.30. The van der Waals surface area contributed by atoms with Crippen LogP contribution >= 0.6 is 11.8 Å². The molecule has 92 valence electrons. The Morgan fingerprint density at radius 1 is 1.47 bits per heavy atom. The molecule has 1 aromatic rings. The highest BCUT2D eigenvalue weighted by atomic mass is 32.2. The maximum absolute atomic E-state index is 8.76. The fraction of sp³-hybridized carbons (Fsp3) is 0.500. The van der Waals surface area contributed by atoms with E-state index in [1.165, 1.54) is 0 Å². The molecular formula is C10H15N5OS. The van der Waals surface area contributed by atoms with Gasteiger partial charge in [-0.15, -0.1) is 5.10 Å². The Hall–Kier alpha value is -1.50. The molecule has 1 aromatic heterocycles. The molecule has 0 unspecified atom stereocenters. The van der Waals surface area contributed by atoms with Gasteiger partial charge in [0.1, 0.15) is 0 Å². The molecule has 2 rings (SSSR count). The summed E-state index contributed by atoms with van der Waals surface area (Å²) in [7, 11) is 0. The first-order valence-electron chi connectivity index (χ1n) is 5.45. The third-order valence-electron chi connectivity index (χ3n) is 2.61. The van der Waals surface area contributed by atoms with E-state index in [-0.39, 0.29) is 5.84 Å².